The molecule has 1 saturated heterocycles. The highest BCUT2D eigenvalue weighted by Gasteiger charge is 2.26. The monoisotopic (exact) mass is 470 g/mol. The Morgan fingerprint density at radius 2 is 1.60 bits per heavy atom. The van der Waals surface area contributed by atoms with Crippen LogP contribution < -0.4 is 4.90 Å². The average molecular weight is 471 g/mol. The van der Waals surface area contributed by atoms with E-state index in [9.17, 15) is 9.90 Å². The Labute approximate surface area is 205 Å². The number of carbonyl (C=O) groups excluding carboxylic acids is 1. The molecule has 1 N–H and O–H groups in total. The maximum absolute atomic E-state index is 12.5. The molecule has 1 aliphatic heterocycles. The molecule has 180 valence electrons. The first-order valence-corrected chi connectivity index (χ1v) is 11.9. The lowest BCUT2D eigenvalue weighted by molar-refractivity contribution is 0.0240. The van der Waals surface area contributed by atoms with Gasteiger partial charge in [0.15, 0.2) is 0 Å². The zero-order valence-corrected chi connectivity index (χ0v) is 20.3. The number of hydrogen-bond donors (Lipinski definition) is 1. The van der Waals surface area contributed by atoms with E-state index < -0.39 is 5.60 Å². The molecule has 0 radical (unpaired) electrons. The van der Waals surface area contributed by atoms with E-state index in [0.29, 0.717) is 13.1 Å². The summed E-state index contributed by atoms with van der Waals surface area (Å²) < 4.78 is 7.72. The van der Waals surface area contributed by atoms with E-state index in [2.05, 4.69) is 38.8 Å². The van der Waals surface area contributed by atoms with Crippen molar-refractivity contribution in [3.63, 3.8) is 0 Å². The van der Waals surface area contributed by atoms with Crippen LogP contribution in [-0.4, -0.2) is 57.4 Å². The number of fused-ring (bicyclic) bond motifs is 1. The van der Waals surface area contributed by atoms with Crippen molar-refractivity contribution >= 4 is 22.7 Å². The highest BCUT2D eigenvalue weighted by atomic mass is 16.6. The van der Waals surface area contributed by atoms with Crippen molar-refractivity contribution < 1.29 is 14.6 Å². The van der Waals surface area contributed by atoms with Crippen LogP contribution in [0.3, 0.4) is 0 Å². The second-order valence-electron chi connectivity index (χ2n) is 9.82. The predicted octanol–water partition coefficient (Wildman–Crippen LogP) is 5.46. The predicted molar refractivity (Wildman–Crippen MR) is 138 cm³/mol. The number of phenolic OH excluding ortho intramolecular Hbond substituents is 1. The van der Waals surface area contributed by atoms with E-state index in [1.807, 2.05) is 45.0 Å². The van der Waals surface area contributed by atoms with Crippen LogP contribution in [0, 0.1) is 0 Å². The molecule has 1 fully saturated rings. The van der Waals surface area contributed by atoms with Gasteiger partial charge in [0.2, 0.25) is 0 Å². The minimum Gasteiger partial charge on any atom is -0.508 e. The molecule has 0 aliphatic carbocycles. The van der Waals surface area contributed by atoms with Crippen molar-refractivity contribution in [1.29, 1.82) is 0 Å². The van der Waals surface area contributed by atoms with E-state index in [4.69, 9.17) is 4.74 Å². The Morgan fingerprint density at radius 1 is 0.914 bits per heavy atom. The molecule has 35 heavy (non-hydrogen) atoms. The summed E-state index contributed by atoms with van der Waals surface area (Å²) >= 11 is 0. The van der Waals surface area contributed by atoms with Crippen molar-refractivity contribution in [2.45, 2.75) is 26.4 Å². The number of benzene rings is 2. The lowest BCUT2D eigenvalue weighted by Gasteiger charge is -2.36. The lowest BCUT2D eigenvalue weighted by atomic mass is 10.0. The molecular weight excluding hydrogens is 440 g/mol. The zero-order chi connectivity index (χ0) is 24.6. The molecule has 7 nitrogen and oxygen atoms in total. The number of rotatable bonds is 3. The summed E-state index contributed by atoms with van der Waals surface area (Å²) in [5, 5.41) is 10.9. The van der Waals surface area contributed by atoms with Gasteiger partial charge < -0.3 is 24.2 Å². The van der Waals surface area contributed by atoms with Gasteiger partial charge in [-0.05, 0) is 62.7 Å². The topological polar surface area (TPSA) is 70.8 Å². The smallest absolute Gasteiger partial charge is 0.410 e. The first-order valence-electron chi connectivity index (χ1n) is 11.9. The Bertz CT molecular complexity index is 1330. The van der Waals surface area contributed by atoms with Crippen molar-refractivity contribution in [3.05, 3.63) is 73.2 Å². The number of pyridine rings is 1. The van der Waals surface area contributed by atoms with Crippen LogP contribution in [0.1, 0.15) is 20.8 Å². The van der Waals surface area contributed by atoms with Gasteiger partial charge in [0, 0.05) is 67.1 Å². The van der Waals surface area contributed by atoms with Crippen LogP contribution in [0.25, 0.3) is 27.7 Å². The number of hydrogen-bond acceptors (Lipinski definition) is 5. The molecule has 7 heteroatoms. The van der Waals surface area contributed by atoms with E-state index >= 15 is 0 Å². The SMILES string of the molecule is CC(C)(C)OC(=O)N1CCN(c2ccc3c(-c4ccc(O)cc4)cn(-c4ccncc4)c3c2)CC1. The van der Waals surface area contributed by atoms with E-state index in [0.717, 1.165) is 46.5 Å². The maximum Gasteiger partial charge on any atom is 0.410 e. The third-order valence-electron chi connectivity index (χ3n) is 6.20. The lowest BCUT2D eigenvalue weighted by Crippen LogP contribution is -2.50. The van der Waals surface area contributed by atoms with Crippen LogP contribution in [0.4, 0.5) is 10.5 Å². The standard InChI is InChI=1S/C28H30N4O3/c1-28(2,3)35-27(34)31-16-14-30(15-17-31)22-6-9-24-25(20-4-7-23(33)8-5-20)19-32(26(24)18-22)21-10-12-29-13-11-21/h4-13,18-19,33H,14-17H2,1-3H3. The molecule has 3 heterocycles. The Kier molecular flexibility index (Phi) is 5.84. The fourth-order valence-corrected chi connectivity index (χ4v) is 4.47. The molecule has 0 spiro atoms. The number of amides is 1. The number of piperazine rings is 1. The summed E-state index contributed by atoms with van der Waals surface area (Å²) in [5.41, 5.74) is 4.88. The molecule has 2 aromatic carbocycles. The van der Waals surface area contributed by atoms with Gasteiger partial charge in [0.05, 0.1) is 5.52 Å². The third kappa shape index (κ3) is 4.80. The van der Waals surface area contributed by atoms with Gasteiger partial charge in [-0.1, -0.05) is 18.2 Å². The van der Waals surface area contributed by atoms with Crippen molar-refractivity contribution in [1.82, 2.24) is 14.5 Å². The van der Waals surface area contributed by atoms with Gasteiger partial charge in [-0.15, -0.1) is 0 Å². The number of nitrogens with zero attached hydrogens (tertiary/aromatic N) is 4. The number of phenols is 1. The molecule has 0 bridgehead atoms. The van der Waals surface area contributed by atoms with Gasteiger partial charge in [0.25, 0.3) is 0 Å². The average Bonchev–Trinajstić information content (AvgIpc) is 3.23. The fourth-order valence-electron chi connectivity index (χ4n) is 4.47. The Balaban J connectivity index is 1.47. The van der Waals surface area contributed by atoms with Crippen LogP contribution in [0.15, 0.2) is 73.2 Å². The first-order chi connectivity index (χ1) is 16.8. The highest BCUT2D eigenvalue weighted by Crippen LogP contribution is 2.35. The fraction of sp³-hybridized carbons (Fsp3) is 0.286. The van der Waals surface area contributed by atoms with Crippen molar-refractivity contribution in [2.24, 2.45) is 0 Å². The van der Waals surface area contributed by atoms with Gasteiger partial charge in [-0.2, -0.15) is 0 Å². The molecule has 1 amide bonds. The summed E-state index contributed by atoms with van der Waals surface area (Å²) in [6.07, 6.45) is 5.47. The molecule has 1 aliphatic rings. The normalized spacial score (nSPS) is 14.4. The number of ether oxygens (including phenoxy) is 1. The zero-order valence-electron chi connectivity index (χ0n) is 20.3. The Hall–Kier alpha value is -4.00. The highest BCUT2D eigenvalue weighted by molar-refractivity contribution is 5.98. The summed E-state index contributed by atoms with van der Waals surface area (Å²) in [6, 6.07) is 17.8. The van der Waals surface area contributed by atoms with Crippen LogP contribution in [0.5, 0.6) is 5.75 Å². The van der Waals surface area contributed by atoms with E-state index in [1.54, 1.807) is 29.4 Å². The molecule has 4 aromatic rings. The van der Waals surface area contributed by atoms with Gasteiger partial charge in [-0.3, -0.25) is 4.98 Å². The maximum atomic E-state index is 12.5. The summed E-state index contributed by atoms with van der Waals surface area (Å²) in [6.45, 7) is 8.40. The van der Waals surface area contributed by atoms with Gasteiger partial charge >= 0.3 is 6.09 Å². The molecule has 2 aromatic heterocycles. The summed E-state index contributed by atoms with van der Waals surface area (Å²) in [5.74, 6) is 0.249. The van der Waals surface area contributed by atoms with E-state index in [1.165, 1.54) is 0 Å². The molecule has 5 rings (SSSR count). The second-order valence-corrected chi connectivity index (χ2v) is 9.82. The van der Waals surface area contributed by atoms with Gasteiger partial charge in [-0.25, -0.2) is 4.79 Å². The summed E-state index contributed by atoms with van der Waals surface area (Å²) in [7, 11) is 0. The van der Waals surface area contributed by atoms with Gasteiger partial charge in [0.1, 0.15) is 11.4 Å². The summed E-state index contributed by atoms with van der Waals surface area (Å²) in [4.78, 5) is 20.7. The largest absolute Gasteiger partial charge is 0.508 e. The number of aromatic nitrogens is 2. The van der Waals surface area contributed by atoms with Crippen molar-refractivity contribution in [2.75, 3.05) is 31.1 Å². The molecule has 0 saturated carbocycles. The quantitative estimate of drug-likeness (QED) is 0.431. The first kappa shape index (κ1) is 22.8. The number of carbonyl (C=O) groups is 1. The number of anilines is 1. The minimum absolute atomic E-state index is 0.249. The number of aromatic hydroxyl groups is 1. The van der Waals surface area contributed by atoms with Crippen LogP contribution >= 0.6 is 0 Å². The van der Waals surface area contributed by atoms with Crippen LogP contribution in [0.2, 0.25) is 0 Å². The second kappa shape index (κ2) is 8.98. The molecular formula is C28H30N4O3. The van der Waals surface area contributed by atoms with Crippen LogP contribution in [-0.2, 0) is 4.74 Å². The van der Waals surface area contributed by atoms with E-state index in [-0.39, 0.29) is 11.8 Å². The van der Waals surface area contributed by atoms with Crippen molar-refractivity contribution in [3.8, 4) is 22.6 Å². The minimum atomic E-state index is -0.493. The molecule has 0 unspecified atom stereocenters. The Morgan fingerprint density at radius 3 is 2.26 bits per heavy atom. The third-order valence-corrected chi connectivity index (χ3v) is 6.20. The molecule has 0 atom stereocenters.